The van der Waals surface area contributed by atoms with Crippen molar-refractivity contribution in [3.8, 4) is 5.75 Å². The van der Waals surface area contributed by atoms with E-state index in [0.717, 1.165) is 63.7 Å². The number of hydrogen-bond acceptors (Lipinski definition) is 4. The van der Waals surface area contributed by atoms with E-state index in [1.807, 2.05) is 11.8 Å². The predicted octanol–water partition coefficient (Wildman–Crippen LogP) is 4.79. The lowest BCUT2D eigenvalue weighted by Crippen LogP contribution is -2.40. The number of likely N-dealkylation sites (tertiary alicyclic amines) is 1. The minimum Gasteiger partial charge on any atom is -0.490 e. The first-order valence-electron chi connectivity index (χ1n) is 12.4. The molecule has 0 radical (unpaired) electrons. The number of ether oxygens (including phenoxy) is 2. The SMILES string of the molecule is CN(C)C(=O)Cc1cc(F)c(OCCCC2CC2C2CCN(C(=O)OC3(C)CC3)CC2)cc1F. The van der Waals surface area contributed by atoms with Crippen LogP contribution in [0.15, 0.2) is 12.1 Å². The van der Waals surface area contributed by atoms with Crippen molar-refractivity contribution >= 4 is 12.0 Å². The van der Waals surface area contributed by atoms with E-state index in [-0.39, 0.29) is 35.3 Å². The van der Waals surface area contributed by atoms with Crippen LogP contribution in [-0.2, 0) is 16.0 Å². The number of rotatable bonds is 9. The van der Waals surface area contributed by atoms with Crippen molar-refractivity contribution in [3.05, 3.63) is 29.3 Å². The second-order valence-electron chi connectivity index (χ2n) is 10.6. The molecule has 34 heavy (non-hydrogen) atoms. The zero-order valence-corrected chi connectivity index (χ0v) is 20.4. The van der Waals surface area contributed by atoms with Crippen molar-refractivity contribution in [1.29, 1.82) is 0 Å². The monoisotopic (exact) mass is 478 g/mol. The maximum Gasteiger partial charge on any atom is 0.410 e. The lowest BCUT2D eigenvalue weighted by molar-refractivity contribution is -0.128. The average Bonchev–Trinajstić information content (AvgIpc) is 3.72. The first-order chi connectivity index (χ1) is 16.1. The smallest absolute Gasteiger partial charge is 0.410 e. The molecule has 0 N–H and O–H groups in total. The van der Waals surface area contributed by atoms with Gasteiger partial charge in [0, 0.05) is 38.8 Å². The summed E-state index contributed by atoms with van der Waals surface area (Å²) < 4.78 is 39.7. The molecule has 188 valence electrons. The Morgan fingerprint density at radius 3 is 2.50 bits per heavy atom. The largest absolute Gasteiger partial charge is 0.490 e. The standard InChI is InChI=1S/C26H36F2N2O4/c1-26(8-9-26)34-25(32)30-10-6-17(7-11-30)20-13-18(20)5-4-12-33-23-16-21(27)19(14-22(23)28)15-24(31)29(2)3/h14,16-18,20H,4-13,15H2,1-3H3. The number of hydrogen-bond donors (Lipinski definition) is 0. The average molecular weight is 479 g/mol. The molecule has 6 nitrogen and oxygen atoms in total. The molecule has 3 aliphatic rings. The summed E-state index contributed by atoms with van der Waals surface area (Å²) in [6, 6.07) is 2.09. The van der Waals surface area contributed by atoms with Crippen LogP contribution in [0.5, 0.6) is 5.75 Å². The highest BCUT2D eigenvalue weighted by Gasteiger charge is 2.45. The van der Waals surface area contributed by atoms with Gasteiger partial charge in [0.05, 0.1) is 13.0 Å². The van der Waals surface area contributed by atoms with Gasteiger partial charge in [0.15, 0.2) is 11.6 Å². The maximum atomic E-state index is 14.3. The number of nitrogens with zero attached hydrogens (tertiary/aromatic N) is 2. The van der Waals surface area contributed by atoms with Gasteiger partial charge >= 0.3 is 6.09 Å². The van der Waals surface area contributed by atoms with Crippen LogP contribution in [0, 0.1) is 29.4 Å². The number of amides is 2. The lowest BCUT2D eigenvalue weighted by atomic mass is 9.90. The predicted molar refractivity (Wildman–Crippen MR) is 123 cm³/mol. The highest BCUT2D eigenvalue weighted by atomic mass is 19.1. The molecule has 3 fully saturated rings. The summed E-state index contributed by atoms with van der Waals surface area (Å²) in [4.78, 5) is 27.2. The number of piperidine rings is 1. The van der Waals surface area contributed by atoms with Crippen LogP contribution in [0.2, 0.25) is 0 Å². The highest BCUT2D eigenvalue weighted by Crippen LogP contribution is 2.50. The van der Waals surface area contributed by atoms with Gasteiger partial charge in [0.25, 0.3) is 0 Å². The van der Waals surface area contributed by atoms with Crippen LogP contribution in [0.1, 0.15) is 57.4 Å². The first-order valence-corrected chi connectivity index (χ1v) is 12.4. The van der Waals surface area contributed by atoms with Crippen LogP contribution in [0.25, 0.3) is 0 Å². The molecule has 1 aromatic carbocycles. The van der Waals surface area contributed by atoms with E-state index in [2.05, 4.69) is 0 Å². The molecule has 1 saturated heterocycles. The summed E-state index contributed by atoms with van der Waals surface area (Å²) in [5, 5.41) is 0. The fraction of sp³-hybridized carbons (Fsp3) is 0.692. The van der Waals surface area contributed by atoms with Gasteiger partial charge < -0.3 is 19.3 Å². The van der Waals surface area contributed by atoms with Crippen molar-refractivity contribution in [3.63, 3.8) is 0 Å². The number of carbonyl (C=O) groups excluding carboxylic acids is 2. The summed E-state index contributed by atoms with van der Waals surface area (Å²) >= 11 is 0. The van der Waals surface area contributed by atoms with Crippen molar-refractivity contribution in [1.82, 2.24) is 9.80 Å². The topological polar surface area (TPSA) is 59.1 Å². The Kier molecular flexibility index (Phi) is 7.33. The van der Waals surface area contributed by atoms with Gasteiger partial charge in [-0.25, -0.2) is 13.6 Å². The molecule has 0 aromatic heterocycles. The molecular formula is C26H36F2N2O4. The first kappa shape index (κ1) is 24.7. The summed E-state index contributed by atoms with van der Waals surface area (Å²) in [5.74, 6) is 0.327. The van der Waals surface area contributed by atoms with E-state index in [1.165, 1.54) is 11.3 Å². The molecular weight excluding hydrogens is 442 g/mol. The van der Waals surface area contributed by atoms with Gasteiger partial charge in [0.2, 0.25) is 5.91 Å². The Morgan fingerprint density at radius 1 is 1.15 bits per heavy atom. The van der Waals surface area contributed by atoms with E-state index in [4.69, 9.17) is 9.47 Å². The van der Waals surface area contributed by atoms with E-state index in [9.17, 15) is 18.4 Å². The van der Waals surface area contributed by atoms with Gasteiger partial charge in [-0.15, -0.1) is 0 Å². The third-order valence-corrected chi connectivity index (χ3v) is 7.59. The molecule has 2 amide bonds. The molecule has 8 heteroatoms. The third-order valence-electron chi connectivity index (χ3n) is 7.59. The molecule has 2 aliphatic carbocycles. The molecule has 4 rings (SSSR count). The minimum absolute atomic E-state index is 0.0328. The van der Waals surface area contributed by atoms with Gasteiger partial charge in [-0.3, -0.25) is 4.79 Å². The van der Waals surface area contributed by atoms with Crippen LogP contribution < -0.4 is 4.74 Å². The Labute approximate surface area is 200 Å². The fourth-order valence-corrected chi connectivity index (χ4v) is 4.91. The van der Waals surface area contributed by atoms with Crippen molar-refractivity contribution in [2.45, 2.75) is 63.9 Å². The second kappa shape index (κ2) is 10.1. The van der Waals surface area contributed by atoms with Gasteiger partial charge in [-0.05, 0) is 75.7 Å². The third kappa shape index (κ3) is 6.19. The van der Waals surface area contributed by atoms with Gasteiger partial charge in [0.1, 0.15) is 11.4 Å². The minimum atomic E-state index is -0.645. The van der Waals surface area contributed by atoms with Crippen molar-refractivity contribution < 1.29 is 27.8 Å². The van der Waals surface area contributed by atoms with Gasteiger partial charge in [-0.1, -0.05) is 0 Å². The van der Waals surface area contributed by atoms with E-state index in [1.54, 1.807) is 14.1 Å². The quantitative estimate of drug-likeness (QED) is 0.479. The highest BCUT2D eigenvalue weighted by molar-refractivity contribution is 5.78. The molecule has 0 spiro atoms. The zero-order valence-electron chi connectivity index (χ0n) is 20.4. The molecule has 1 aliphatic heterocycles. The van der Waals surface area contributed by atoms with Gasteiger partial charge in [-0.2, -0.15) is 0 Å². The van der Waals surface area contributed by atoms with E-state index >= 15 is 0 Å². The summed E-state index contributed by atoms with van der Waals surface area (Å²) in [6.45, 7) is 3.86. The van der Waals surface area contributed by atoms with E-state index in [0.29, 0.717) is 24.4 Å². The summed E-state index contributed by atoms with van der Waals surface area (Å²) in [5.41, 5.74) is -0.190. The second-order valence-corrected chi connectivity index (χ2v) is 10.6. The maximum absolute atomic E-state index is 14.3. The van der Waals surface area contributed by atoms with Crippen LogP contribution in [0.4, 0.5) is 13.6 Å². The van der Waals surface area contributed by atoms with Crippen LogP contribution >= 0.6 is 0 Å². The Bertz CT molecular complexity index is 910. The van der Waals surface area contributed by atoms with Crippen LogP contribution in [-0.4, -0.2) is 61.2 Å². The lowest BCUT2D eigenvalue weighted by Gasteiger charge is -2.32. The molecule has 1 heterocycles. The van der Waals surface area contributed by atoms with E-state index < -0.39 is 11.6 Å². The van der Waals surface area contributed by atoms with Crippen LogP contribution in [0.3, 0.4) is 0 Å². The Hall–Kier alpha value is -2.38. The molecule has 0 bridgehead atoms. The summed E-state index contributed by atoms with van der Waals surface area (Å²) in [6.07, 6.45) is 6.62. The Balaban J connectivity index is 1.14. The molecule has 2 saturated carbocycles. The summed E-state index contributed by atoms with van der Waals surface area (Å²) in [7, 11) is 3.15. The number of likely N-dealkylation sites (N-methyl/N-ethyl adjacent to an activating group) is 1. The molecule has 2 atom stereocenters. The number of halogens is 2. The Morgan fingerprint density at radius 2 is 1.85 bits per heavy atom. The molecule has 1 aromatic rings. The van der Waals surface area contributed by atoms with Crippen molar-refractivity contribution in [2.75, 3.05) is 33.8 Å². The zero-order chi connectivity index (χ0) is 24.5. The number of carbonyl (C=O) groups is 2. The normalized spacial score (nSPS) is 23.4. The molecule has 2 unspecified atom stereocenters. The number of benzene rings is 1. The van der Waals surface area contributed by atoms with Crippen molar-refractivity contribution in [2.24, 2.45) is 17.8 Å². The fourth-order valence-electron chi connectivity index (χ4n) is 4.91.